The van der Waals surface area contributed by atoms with Crippen molar-refractivity contribution in [3.05, 3.63) is 29.6 Å². The molecule has 1 fully saturated rings. The van der Waals surface area contributed by atoms with E-state index >= 15 is 0 Å². The molecule has 1 atom stereocenters. The smallest absolute Gasteiger partial charge is 0.247 e. The topological polar surface area (TPSA) is 64.4 Å². The second-order valence-corrected chi connectivity index (χ2v) is 4.40. The number of rotatable bonds is 2. The van der Waals surface area contributed by atoms with Crippen LogP contribution in [-0.4, -0.2) is 24.7 Å². The summed E-state index contributed by atoms with van der Waals surface area (Å²) in [6.45, 7) is 2.41. The van der Waals surface area contributed by atoms with Crippen LogP contribution in [0.1, 0.15) is 12.0 Å². The van der Waals surface area contributed by atoms with Crippen molar-refractivity contribution in [1.29, 1.82) is 0 Å². The van der Waals surface area contributed by atoms with Crippen molar-refractivity contribution in [2.45, 2.75) is 18.9 Å². The van der Waals surface area contributed by atoms with E-state index in [4.69, 9.17) is 10.5 Å². The van der Waals surface area contributed by atoms with Crippen LogP contribution in [0.15, 0.2) is 18.2 Å². The highest BCUT2D eigenvalue weighted by atomic mass is 19.1. The number of amides is 1. The minimum absolute atomic E-state index is 0.150. The molecule has 1 aliphatic rings. The highest BCUT2D eigenvalue weighted by Gasteiger charge is 2.38. The van der Waals surface area contributed by atoms with E-state index in [0.717, 1.165) is 5.56 Å². The molecule has 1 aliphatic heterocycles. The summed E-state index contributed by atoms with van der Waals surface area (Å²) in [6.07, 6.45) is 0.451. The third kappa shape index (κ3) is 2.45. The van der Waals surface area contributed by atoms with E-state index < -0.39 is 17.3 Å². The lowest BCUT2D eigenvalue weighted by molar-refractivity contribution is -0.121. The van der Waals surface area contributed by atoms with Crippen LogP contribution < -0.4 is 11.1 Å². The van der Waals surface area contributed by atoms with Crippen LogP contribution in [0.5, 0.6) is 0 Å². The first kappa shape index (κ1) is 12.0. The Kier molecular flexibility index (Phi) is 3.13. The van der Waals surface area contributed by atoms with E-state index in [9.17, 15) is 9.18 Å². The molecule has 1 saturated heterocycles. The molecule has 2 rings (SSSR count). The Labute approximate surface area is 98.9 Å². The standard InChI is InChI=1S/C12H15FN2O2/c1-8-2-3-10(9(13)6-8)15-11(16)12(14)4-5-17-7-12/h2-3,6H,4-5,7,14H2,1H3,(H,15,16). The fraction of sp³-hybridized carbons (Fsp3) is 0.417. The number of carbonyl (C=O) groups excluding carboxylic acids is 1. The van der Waals surface area contributed by atoms with Crippen molar-refractivity contribution in [2.24, 2.45) is 5.73 Å². The Bertz CT molecular complexity index is 442. The maximum Gasteiger partial charge on any atom is 0.247 e. The number of nitrogens with two attached hydrogens (primary N) is 1. The Morgan fingerprint density at radius 1 is 1.59 bits per heavy atom. The maximum atomic E-state index is 13.5. The van der Waals surface area contributed by atoms with Gasteiger partial charge in [-0.05, 0) is 31.0 Å². The van der Waals surface area contributed by atoms with Gasteiger partial charge in [-0.15, -0.1) is 0 Å². The molecular weight excluding hydrogens is 223 g/mol. The van der Waals surface area contributed by atoms with Crippen molar-refractivity contribution in [3.8, 4) is 0 Å². The fourth-order valence-corrected chi connectivity index (χ4v) is 1.73. The summed E-state index contributed by atoms with van der Waals surface area (Å²) in [5, 5.41) is 2.50. The Morgan fingerprint density at radius 2 is 2.35 bits per heavy atom. The molecule has 0 spiro atoms. The largest absolute Gasteiger partial charge is 0.379 e. The molecule has 0 bridgehead atoms. The van der Waals surface area contributed by atoms with Gasteiger partial charge >= 0.3 is 0 Å². The average Bonchev–Trinajstić information content (AvgIpc) is 2.71. The van der Waals surface area contributed by atoms with Gasteiger partial charge in [0.15, 0.2) is 0 Å². The van der Waals surface area contributed by atoms with Gasteiger partial charge in [-0.2, -0.15) is 0 Å². The third-order valence-electron chi connectivity index (χ3n) is 2.88. The number of ether oxygens (including phenoxy) is 1. The number of hydrogen-bond acceptors (Lipinski definition) is 3. The minimum Gasteiger partial charge on any atom is -0.379 e. The van der Waals surface area contributed by atoms with Crippen LogP contribution in [0, 0.1) is 12.7 Å². The zero-order chi connectivity index (χ0) is 12.5. The summed E-state index contributed by atoms with van der Waals surface area (Å²) in [5.41, 5.74) is 5.78. The van der Waals surface area contributed by atoms with Gasteiger partial charge < -0.3 is 15.8 Å². The van der Waals surface area contributed by atoms with Gasteiger partial charge in [-0.25, -0.2) is 4.39 Å². The number of halogens is 1. The first-order chi connectivity index (χ1) is 8.01. The van der Waals surface area contributed by atoms with Crippen LogP contribution in [0.25, 0.3) is 0 Å². The quantitative estimate of drug-likeness (QED) is 0.813. The molecule has 92 valence electrons. The SMILES string of the molecule is Cc1ccc(NC(=O)C2(N)CCOC2)c(F)c1. The Balaban J connectivity index is 2.13. The predicted molar refractivity (Wildman–Crippen MR) is 62.1 cm³/mol. The molecule has 3 N–H and O–H groups in total. The van der Waals surface area contributed by atoms with E-state index in [0.29, 0.717) is 13.0 Å². The lowest BCUT2D eigenvalue weighted by Gasteiger charge is -2.20. The molecule has 1 heterocycles. The number of carbonyl (C=O) groups is 1. The Hall–Kier alpha value is -1.46. The molecule has 0 aliphatic carbocycles. The summed E-state index contributed by atoms with van der Waals surface area (Å²) in [7, 11) is 0. The van der Waals surface area contributed by atoms with Crippen molar-refractivity contribution in [1.82, 2.24) is 0 Å². The third-order valence-corrected chi connectivity index (χ3v) is 2.88. The second kappa shape index (κ2) is 4.43. The highest BCUT2D eigenvalue weighted by Crippen LogP contribution is 2.20. The van der Waals surface area contributed by atoms with Crippen molar-refractivity contribution in [3.63, 3.8) is 0 Å². The average molecular weight is 238 g/mol. The van der Waals surface area contributed by atoms with Crippen molar-refractivity contribution in [2.75, 3.05) is 18.5 Å². The summed E-state index contributed by atoms with van der Waals surface area (Å²) in [6, 6.07) is 4.62. The van der Waals surface area contributed by atoms with E-state index in [-0.39, 0.29) is 12.3 Å². The normalized spacial score (nSPS) is 23.7. The number of benzene rings is 1. The van der Waals surface area contributed by atoms with Gasteiger partial charge in [0.2, 0.25) is 5.91 Å². The molecule has 0 radical (unpaired) electrons. The zero-order valence-corrected chi connectivity index (χ0v) is 9.63. The van der Waals surface area contributed by atoms with E-state index in [1.807, 2.05) is 0 Å². The van der Waals surface area contributed by atoms with Crippen LogP contribution in [0.2, 0.25) is 0 Å². The summed E-state index contributed by atoms with van der Waals surface area (Å²) in [5.74, 6) is -0.862. The van der Waals surface area contributed by atoms with E-state index in [1.54, 1.807) is 13.0 Å². The molecule has 0 aromatic heterocycles. The molecule has 0 saturated carbocycles. The maximum absolute atomic E-state index is 13.5. The molecule has 4 nitrogen and oxygen atoms in total. The number of anilines is 1. The zero-order valence-electron chi connectivity index (χ0n) is 9.63. The Morgan fingerprint density at radius 3 is 2.94 bits per heavy atom. The number of hydrogen-bond donors (Lipinski definition) is 2. The van der Waals surface area contributed by atoms with Gasteiger partial charge in [0, 0.05) is 6.61 Å². The van der Waals surface area contributed by atoms with Crippen LogP contribution in [0.4, 0.5) is 10.1 Å². The fourth-order valence-electron chi connectivity index (χ4n) is 1.73. The van der Waals surface area contributed by atoms with E-state index in [1.165, 1.54) is 12.1 Å². The molecule has 1 aromatic carbocycles. The predicted octanol–water partition coefficient (Wildman–Crippen LogP) is 1.19. The van der Waals surface area contributed by atoms with Gasteiger partial charge in [0.25, 0.3) is 0 Å². The lowest BCUT2D eigenvalue weighted by Crippen LogP contribution is -2.51. The molecule has 17 heavy (non-hydrogen) atoms. The van der Waals surface area contributed by atoms with Gasteiger partial charge in [-0.1, -0.05) is 6.07 Å². The molecule has 1 aromatic rings. The molecule has 1 unspecified atom stereocenters. The summed E-state index contributed by atoms with van der Waals surface area (Å²) < 4.78 is 18.6. The van der Waals surface area contributed by atoms with E-state index in [2.05, 4.69) is 5.32 Å². The molecule has 1 amide bonds. The van der Waals surface area contributed by atoms with Crippen LogP contribution in [0.3, 0.4) is 0 Å². The minimum atomic E-state index is -1.04. The van der Waals surface area contributed by atoms with Crippen LogP contribution >= 0.6 is 0 Å². The van der Waals surface area contributed by atoms with Gasteiger partial charge in [0.05, 0.1) is 12.3 Å². The van der Waals surface area contributed by atoms with Crippen LogP contribution in [-0.2, 0) is 9.53 Å². The molecule has 5 heteroatoms. The number of nitrogens with one attached hydrogen (secondary N) is 1. The van der Waals surface area contributed by atoms with Gasteiger partial charge in [0.1, 0.15) is 11.4 Å². The van der Waals surface area contributed by atoms with Gasteiger partial charge in [-0.3, -0.25) is 4.79 Å². The van der Waals surface area contributed by atoms with Crippen molar-refractivity contribution < 1.29 is 13.9 Å². The summed E-state index contributed by atoms with van der Waals surface area (Å²) >= 11 is 0. The first-order valence-electron chi connectivity index (χ1n) is 5.45. The van der Waals surface area contributed by atoms with Crippen molar-refractivity contribution >= 4 is 11.6 Å². The monoisotopic (exact) mass is 238 g/mol. The first-order valence-corrected chi connectivity index (χ1v) is 5.45. The summed E-state index contributed by atoms with van der Waals surface area (Å²) in [4.78, 5) is 11.9. The highest BCUT2D eigenvalue weighted by molar-refractivity contribution is 5.98. The number of aryl methyl sites for hydroxylation is 1. The lowest BCUT2D eigenvalue weighted by atomic mass is 9.99. The second-order valence-electron chi connectivity index (χ2n) is 4.40. The molecular formula is C12H15FN2O2.